The number of hydrogen-bond acceptors (Lipinski definition) is 5. The van der Waals surface area contributed by atoms with Gasteiger partial charge in [-0.1, -0.05) is 0 Å². The summed E-state index contributed by atoms with van der Waals surface area (Å²) in [6.07, 6.45) is 6.11. The van der Waals surface area contributed by atoms with Gasteiger partial charge in [-0.05, 0) is 63.1 Å². The average molecular weight is 283 g/mol. The molecular formula is C16H21N5. The summed E-state index contributed by atoms with van der Waals surface area (Å²) < 4.78 is 0. The molecule has 0 atom stereocenters. The summed E-state index contributed by atoms with van der Waals surface area (Å²) in [5.41, 5.74) is 10.4. The van der Waals surface area contributed by atoms with Crippen molar-refractivity contribution in [3.8, 4) is 0 Å². The highest BCUT2D eigenvalue weighted by Gasteiger charge is 2.11. The molecular weight excluding hydrogens is 262 g/mol. The zero-order valence-corrected chi connectivity index (χ0v) is 12.6. The summed E-state index contributed by atoms with van der Waals surface area (Å²) in [6.45, 7) is 5.94. The zero-order chi connectivity index (χ0) is 15.1. The summed E-state index contributed by atoms with van der Waals surface area (Å²) in [7, 11) is 0. The molecule has 1 fully saturated rings. The summed E-state index contributed by atoms with van der Waals surface area (Å²) in [5, 5.41) is 11.7. The van der Waals surface area contributed by atoms with E-state index < -0.39 is 0 Å². The molecule has 0 saturated carbocycles. The van der Waals surface area contributed by atoms with Gasteiger partial charge < -0.3 is 4.90 Å². The molecule has 1 aliphatic rings. The second-order valence-electron chi connectivity index (χ2n) is 5.14. The van der Waals surface area contributed by atoms with E-state index in [4.69, 9.17) is 5.53 Å². The Bertz CT molecular complexity index is 563. The molecule has 21 heavy (non-hydrogen) atoms. The number of hydrogen-bond donors (Lipinski definition) is 1. The van der Waals surface area contributed by atoms with Crippen molar-refractivity contribution in [1.82, 2.24) is 0 Å². The van der Waals surface area contributed by atoms with Gasteiger partial charge in [0.1, 0.15) is 0 Å². The molecule has 110 valence electrons. The lowest BCUT2D eigenvalue weighted by Gasteiger charge is -2.17. The lowest BCUT2D eigenvalue weighted by atomic mass is 10.2. The van der Waals surface area contributed by atoms with Gasteiger partial charge in [-0.3, -0.25) is 0 Å². The van der Waals surface area contributed by atoms with Gasteiger partial charge in [0.2, 0.25) is 0 Å². The minimum absolute atomic E-state index is 0.638. The first kappa shape index (κ1) is 15.1. The third-order valence-electron chi connectivity index (χ3n) is 3.39. The summed E-state index contributed by atoms with van der Waals surface area (Å²) in [5.74, 6) is 0. The van der Waals surface area contributed by atoms with Crippen molar-refractivity contribution in [3.05, 3.63) is 47.8 Å². The van der Waals surface area contributed by atoms with Crippen LogP contribution in [-0.2, 0) is 0 Å². The Morgan fingerprint density at radius 3 is 2.29 bits per heavy atom. The molecule has 1 aliphatic heterocycles. The fourth-order valence-corrected chi connectivity index (χ4v) is 2.15. The highest BCUT2D eigenvalue weighted by Crippen LogP contribution is 2.23. The summed E-state index contributed by atoms with van der Waals surface area (Å²) in [6, 6.07) is 8.18. The quantitative estimate of drug-likeness (QED) is 0.585. The van der Waals surface area contributed by atoms with Crippen LogP contribution >= 0.6 is 0 Å². The molecule has 5 nitrogen and oxygen atoms in total. The van der Waals surface area contributed by atoms with Crippen molar-refractivity contribution in [2.24, 2.45) is 15.3 Å². The number of nitrogens with one attached hydrogen (secondary N) is 1. The van der Waals surface area contributed by atoms with Gasteiger partial charge in [-0.25, -0.2) is 5.53 Å². The number of azo groups is 1. The Hall–Kier alpha value is -2.30. The third-order valence-corrected chi connectivity index (χ3v) is 3.39. The molecule has 1 aromatic rings. The third kappa shape index (κ3) is 4.63. The summed E-state index contributed by atoms with van der Waals surface area (Å²) >= 11 is 0. The maximum atomic E-state index is 6.85. The first-order valence-electron chi connectivity index (χ1n) is 7.18. The van der Waals surface area contributed by atoms with Crippen molar-refractivity contribution >= 4 is 11.4 Å². The predicted molar refractivity (Wildman–Crippen MR) is 85.1 cm³/mol. The smallest absolute Gasteiger partial charge is 0.0858 e. The van der Waals surface area contributed by atoms with Gasteiger partial charge in [-0.15, -0.1) is 0 Å². The standard InChI is InChI=1S/C16H21N5/c1-13(18-17)5-6-14(2)19-20-15-7-9-16(10-8-15)21-11-3-4-12-21/h5-10,17H,3-4,11-12H2,1-2H3/b13-5+,14-6+,18-17?,20-19?. The van der Waals surface area contributed by atoms with E-state index in [1.807, 2.05) is 19.1 Å². The van der Waals surface area contributed by atoms with E-state index in [1.54, 1.807) is 19.1 Å². The van der Waals surface area contributed by atoms with E-state index in [9.17, 15) is 0 Å². The first-order valence-corrected chi connectivity index (χ1v) is 7.18. The first-order chi connectivity index (χ1) is 10.2. The molecule has 1 N–H and O–H groups in total. The SMILES string of the molecule is C/C(=C\C=C(/C)N=Nc1ccc(N2CCCC2)cc1)N=N. The molecule has 0 aliphatic carbocycles. The molecule has 2 rings (SSSR count). The molecule has 5 heteroatoms. The second kappa shape index (κ2) is 7.47. The van der Waals surface area contributed by atoms with Crippen LogP contribution in [-0.4, -0.2) is 13.1 Å². The van der Waals surface area contributed by atoms with Gasteiger partial charge in [-0.2, -0.15) is 15.3 Å². The number of anilines is 1. The highest BCUT2D eigenvalue weighted by atomic mass is 15.1. The lowest BCUT2D eigenvalue weighted by Crippen LogP contribution is -2.17. The van der Waals surface area contributed by atoms with Crippen molar-refractivity contribution in [2.75, 3.05) is 18.0 Å². The molecule has 0 radical (unpaired) electrons. The lowest BCUT2D eigenvalue weighted by molar-refractivity contribution is 0.949. The monoisotopic (exact) mass is 283 g/mol. The van der Waals surface area contributed by atoms with Crippen LogP contribution in [0.1, 0.15) is 26.7 Å². The minimum atomic E-state index is 0.638. The fraction of sp³-hybridized carbons (Fsp3) is 0.375. The van der Waals surface area contributed by atoms with E-state index in [-0.39, 0.29) is 0 Å². The van der Waals surface area contributed by atoms with Crippen LogP contribution < -0.4 is 4.90 Å². The van der Waals surface area contributed by atoms with Crippen LogP contribution in [0.5, 0.6) is 0 Å². The number of allylic oxidation sites excluding steroid dienone is 4. The van der Waals surface area contributed by atoms with Crippen LogP contribution in [0.2, 0.25) is 0 Å². The Labute approximate surface area is 125 Å². The maximum absolute atomic E-state index is 6.85. The predicted octanol–water partition coefficient (Wildman–Crippen LogP) is 5.21. The molecule has 0 amide bonds. The van der Waals surface area contributed by atoms with Crippen molar-refractivity contribution in [3.63, 3.8) is 0 Å². The average Bonchev–Trinajstić information content (AvgIpc) is 3.05. The van der Waals surface area contributed by atoms with E-state index >= 15 is 0 Å². The van der Waals surface area contributed by atoms with Gasteiger partial charge in [0, 0.05) is 18.8 Å². The van der Waals surface area contributed by atoms with Crippen molar-refractivity contribution < 1.29 is 0 Å². The highest BCUT2D eigenvalue weighted by molar-refractivity contribution is 5.53. The van der Waals surface area contributed by atoms with E-state index in [2.05, 4.69) is 32.4 Å². The largest absolute Gasteiger partial charge is 0.372 e. The molecule has 0 aromatic heterocycles. The van der Waals surface area contributed by atoms with E-state index in [1.165, 1.54) is 18.5 Å². The molecule has 0 bridgehead atoms. The topological polar surface area (TPSA) is 64.2 Å². The normalized spacial score (nSPS) is 16.8. The Morgan fingerprint density at radius 2 is 1.67 bits per heavy atom. The Kier molecular flexibility index (Phi) is 5.37. The Balaban J connectivity index is 1.99. The molecule has 0 spiro atoms. The van der Waals surface area contributed by atoms with Crippen LogP contribution in [0.3, 0.4) is 0 Å². The van der Waals surface area contributed by atoms with Gasteiger partial charge in [0.15, 0.2) is 0 Å². The molecule has 0 unspecified atom stereocenters. The zero-order valence-electron chi connectivity index (χ0n) is 12.6. The fourth-order valence-electron chi connectivity index (χ4n) is 2.15. The van der Waals surface area contributed by atoms with Gasteiger partial charge in [0.25, 0.3) is 0 Å². The van der Waals surface area contributed by atoms with Gasteiger partial charge in [0.05, 0.1) is 17.1 Å². The molecule has 1 aromatic carbocycles. The van der Waals surface area contributed by atoms with Crippen molar-refractivity contribution in [2.45, 2.75) is 26.7 Å². The molecule has 1 heterocycles. The minimum Gasteiger partial charge on any atom is -0.372 e. The van der Waals surface area contributed by atoms with Gasteiger partial charge >= 0.3 is 0 Å². The van der Waals surface area contributed by atoms with Crippen LogP contribution in [0.4, 0.5) is 11.4 Å². The second-order valence-corrected chi connectivity index (χ2v) is 5.14. The number of rotatable bonds is 5. The Morgan fingerprint density at radius 1 is 1.05 bits per heavy atom. The van der Waals surface area contributed by atoms with E-state index in [0.717, 1.165) is 24.5 Å². The summed E-state index contributed by atoms with van der Waals surface area (Å²) in [4.78, 5) is 2.39. The maximum Gasteiger partial charge on any atom is 0.0858 e. The van der Waals surface area contributed by atoms with Crippen LogP contribution in [0.25, 0.3) is 0 Å². The number of nitrogens with zero attached hydrogens (tertiary/aromatic N) is 4. The van der Waals surface area contributed by atoms with Crippen LogP contribution in [0.15, 0.2) is 63.2 Å². The van der Waals surface area contributed by atoms with E-state index in [0.29, 0.717) is 5.70 Å². The van der Waals surface area contributed by atoms with Crippen molar-refractivity contribution in [1.29, 1.82) is 5.53 Å². The molecule has 1 saturated heterocycles. The number of benzene rings is 1. The van der Waals surface area contributed by atoms with Crippen LogP contribution in [0, 0.1) is 5.53 Å².